The Bertz CT molecular complexity index is 579. The van der Waals surface area contributed by atoms with Crippen LogP contribution < -0.4 is 10.5 Å². The summed E-state index contributed by atoms with van der Waals surface area (Å²) < 4.78 is 5.48. The highest BCUT2D eigenvalue weighted by molar-refractivity contribution is 5.45. The maximum atomic E-state index is 5.73. The van der Waals surface area contributed by atoms with E-state index in [4.69, 9.17) is 10.5 Å². The molecule has 0 atom stereocenters. The van der Waals surface area contributed by atoms with E-state index in [0.717, 1.165) is 17.9 Å². The summed E-state index contributed by atoms with van der Waals surface area (Å²) in [5.74, 6) is 0.940. The lowest BCUT2D eigenvalue weighted by atomic mass is 9.85. The lowest BCUT2D eigenvalue weighted by Gasteiger charge is -2.21. The van der Waals surface area contributed by atoms with Crippen LogP contribution in [-0.2, 0) is 11.8 Å². The largest absolute Gasteiger partial charge is 0.496 e. The second-order valence-corrected chi connectivity index (χ2v) is 6.19. The van der Waals surface area contributed by atoms with E-state index >= 15 is 0 Å². The predicted molar refractivity (Wildman–Crippen MR) is 85.4 cm³/mol. The first-order valence-corrected chi connectivity index (χ1v) is 6.92. The van der Waals surface area contributed by atoms with E-state index in [1.165, 1.54) is 16.7 Å². The molecule has 106 valence electrons. The van der Waals surface area contributed by atoms with Crippen molar-refractivity contribution in [3.05, 3.63) is 59.2 Å². The third-order valence-electron chi connectivity index (χ3n) is 3.52. The highest BCUT2D eigenvalue weighted by atomic mass is 16.5. The molecular weight excluding hydrogens is 246 g/mol. The zero-order chi connectivity index (χ0) is 14.8. The molecular formula is C18H23NO. The van der Waals surface area contributed by atoms with E-state index in [-0.39, 0.29) is 5.41 Å². The molecule has 2 aromatic carbocycles. The maximum Gasteiger partial charge on any atom is 0.122 e. The molecule has 20 heavy (non-hydrogen) atoms. The number of methoxy groups -OCH3 is 1. The van der Waals surface area contributed by atoms with Crippen LogP contribution in [0.3, 0.4) is 0 Å². The van der Waals surface area contributed by atoms with Gasteiger partial charge < -0.3 is 10.5 Å². The SMILES string of the molecule is COc1ccc(C(C)(C)C)cc1Cc1ccc(N)cc1. The minimum atomic E-state index is 0.141. The minimum Gasteiger partial charge on any atom is -0.496 e. The van der Waals surface area contributed by atoms with E-state index in [2.05, 4.69) is 51.1 Å². The highest BCUT2D eigenvalue weighted by Crippen LogP contribution is 2.29. The summed E-state index contributed by atoms with van der Waals surface area (Å²) in [6, 6.07) is 14.5. The van der Waals surface area contributed by atoms with Crippen LogP contribution in [0.1, 0.15) is 37.5 Å². The Morgan fingerprint density at radius 1 is 1.00 bits per heavy atom. The van der Waals surface area contributed by atoms with E-state index in [1.807, 2.05) is 12.1 Å². The lowest BCUT2D eigenvalue weighted by Crippen LogP contribution is -2.11. The lowest BCUT2D eigenvalue weighted by molar-refractivity contribution is 0.410. The van der Waals surface area contributed by atoms with Crippen LogP contribution in [-0.4, -0.2) is 7.11 Å². The second kappa shape index (κ2) is 5.58. The molecule has 0 aliphatic carbocycles. The molecule has 0 amide bonds. The van der Waals surface area contributed by atoms with Gasteiger partial charge in [0.15, 0.2) is 0 Å². The van der Waals surface area contributed by atoms with Gasteiger partial charge in [0.25, 0.3) is 0 Å². The second-order valence-electron chi connectivity index (χ2n) is 6.19. The Hall–Kier alpha value is -1.96. The average Bonchev–Trinajstić information content (AvgIpc) is 2.40. The molecule has 0 radical (unpaired) electrons. The fraction of sp³-hybridized carbons (Fsp3) is 0.333. The normalized spacial score (nSPS) is 11.4. The van der Waals surface area contributed by atoms with Gasteiger partial charge in [-0.05, 0) is 40.3 Å². The smallest absolute Gasteiger partial charge is 0.122 e. The molecule has 2 nitrogen and oxygen atoms in total. The summed E-state index contributed by atoms with van der Waals surface area (Å²) >= 11 is 0. The van der Waals surface area contributed by atoms with Crippen molar-refractivity contribution in [3.8, 4) is 5.75 Å². The fourth-order valence-corrected chi connectivity index (χ4v) is 2.24. The van der Waals surface area contributed by atoms with Gasteiger partial charge in [0.1, 0.15) is 5.75 Å². The van der Waals surface area contributed by atoms with Gasteiger partial charge >= 0.3 is 0 Å². The molecule has 0 aliphatic heterocycles. The minimum absolute atomic E-state index is 0.141. The van der Waals surface area contributed by atoms with Crippen molar-refractivity contribution >= 4 is 5.69 Å². The van der Waals surface area contributed by atoms with Crippen LogP contribution in [0.2, 0.25) is 0 Å². The quantitative estimate of drug-likeness (QED) is 0.849. The highest BCUT2D eigenvalue weighted by Gasteiger charge is 2.16. The molecule has 0 aromatic heterocycles. The molecule has 2 aromatic rings. The first-order valence-electron chi connectivity index (χ1n) is 6.92. The third kappa shape index (κ3) is 3.32. The number of hydrogen-bond acceptors (Lipinski definition) is 2. The zero-order valence-corrected chi connectivity index (χ0v) is 12.7. The number of anilines is 1. The molecule has 0 spiro atoms. The summed E-state index contributed by atoms with van der Waals surface area (Å²) in [7, 11) is 1.72. The van der Waals surface area contributed by atoms with Crippen LogP contribution in [0.4, 0.5) is 5.69 Å². The zero-order valence-electron chi connectivity index (χ0n) is 12.7. The van der Waals surface area contributed by atoms with Gasteiger partial charge in [0.2, 0.25) is 0 Å². The molecule has 0 bridgehead atoms. The van der Waals surface area contributed by atoms with Gasteiger partial charge in [-0.3, -0.25) is 0 Å². The Labute approximate surface area is 121 Å². The summed E-state index contributed by atoms with van der Waals surface area (Å²) in [6.07, 6.45) is 0.855. The number of rotatable bonds is 3. The first-order chi connectivity index (χ1) is 9.40. The Balaban J connectivity index is 2.35. The first kappa shape index (κ1) is 14.4. The molecule has 0 fully saturated rings. The Morgan fingerprint density at radius 3 is 2.20 bits per heavy atom. The molecule has 2 N–H and O–H groups in total. The summed E-state index contributed by atoms with van der Waals surface area (Å²) in [4.78, 5) is 0. The van der Waals surface area contributed by atoms with Crippen molar-refractivity contribution in [2.24, 2.45) is 0 Å². The molecule has 2 heteroatoms. The summed E-state index contributed by atoms with van der Waals surface area (Å²) in [6.45, 7) is 6.67. The molecule has 0 unspecified atom stereocenters. The van der Waals surface area contributed by atoms with Gasteiger partial charge in [-0.15, -0.1) is 0 Å². The van der Waals surface area contributed by atoms with Gasteiger partial charge in [0.05, 0.1) is 7.11 Å². The maximum absolute atomic E-state index is 5.73. The summed E-state index contributed by atoms with van der Waals surface area (Å²) in [5.41, 5.74) is 10.4. The van der Waals surface area contributed by atoms with Gasteiger partial charge in [-0.2, -0.15) is 0 Å². The van der Waals surface area contributed by atoms with Gasteiger partial charge in [0, 0.05) is 12.1 Å². The van der Waals surface area contributed by atoms with Crippen molar-refractivity contribution in [1.82, 2.24) is 0 Å². The standard InChI is InChI=1S/C18H23NO/c1-18(2,3)15-7-10-17(20-4)14(12-15)11-13-5-8-16(19)9-6-13/h5-10,12H,11,19H2,1-4H3. The van der Waals surface area contributed by atoms with Crippen LogP contribution in [0, 0.1) is 0 Å². The number of nitrogen functional groups attached to an aromatic ring is 1. The summed E-state index contributed by atoms with van der Waals surface area (Å²) in [5, 5.41) is 0. The van der Waals surface area contributed by atoms with Crippen LogP contribution in [0.5, 0.6) is 5.75 Å². The van der Waals surface area contributed by atoms with Crippen molar-refractivity contribution in [2.75, 3.05) is 12.8 Å². The topological polar surface area (TPSA) is 35.2 Å². The Kier molecular flexibility index (Phi) is 4.03. The number of hydrogen-bond donors (Lipinski definition) is 1. The molecule has 0 saturated carbocycles. The fourth-order valence-electron chi connectivity index (χ4n) is 2.24. The average molecular weight is 269 g/mol. The van der Waals surface area contributed by atoms with Crippen molar-refractivity contribution in [1.29, 1.82) is 0 Å². The number of benzene rings is 2. The van der Waals surface area contributed by atoms with Crippen LogP contribution in [0.15, 0.2) is 42.5 Å². The van der Waals surface area contributed by atoms with Crippen LogP contribution in [0.25, 0.3) is 0 Å². The monoisotopic (exact) mass is 269 g/mol. The van der Waals surface area contributed by atoms with Crippen molar-refractivity contribution in [3.63, 3.8) is 0 Å². The van der Waals surface area contributed by atoms with Crippen LogP contribution >= 0.6 is 0 Å². The molecule has 2 rings (SSSR count). The molecule has 0 saturated heterocycles. The molecule has 0 aliphatic rings. The molecule has 0 heterocycles. The van der Waals surface area contributed by atoms with Crippen molar-refractivity contribution < 1.29 is 4.74 Å². The van der Waals surface area contributed by atoms with E-state index in [1.54, 1.807) is 7.11 Å². The van der Waals surface area contributed by atoms with E-state index in [0.29, 0.717) is 0 Å². The van der Waals surface area contributed by atoms with E-state index < -0.39 is 0 Å². The Morgan fingerprint density at radius 2 is 1.65 bits per heavy atom. The van der Waals surface area contributed by atoms with Gasteiger partial charge in [-0.1, -0.05) is 45.0 Å². The number of nitrogens with two attached hydrogens (primary N) is 1. The van der Waals surface area contributed by atoms with Gasteiger partial charge in [-0.25, -0.2) is 0 Å². The number of ether oxygens (including phenoxy) is 1. The predicted octanol–water partition coefficient (Wildman–Crippen LogP) is 4.17. The van der Waals surface area contributed by atoms with Crippen molar-refractivity contribution in [2.45, 2.75) is 32.6 Å². The third-order valence-corrected chi connectivity index (χ3v) is 3.52. The van der Waals surface area contributed by atoms with E-state index in [9.17, 15) is 0 Å².